The number of carbonyl (C=O) groups excluding carboxylic acids is 1. The fourth-order valence-corrected chi connectivity index (χ4v) is 3.12. The highest BCUT2D eigenvalue weighted by atomic mass is 16.5. The summed E-state index contributed by atoms with van der Waals surface area (Å²) in [6.45, 7) is 5.87. The molecule has 1 saturated heterocycles. The summed E-state index contributed by atoms with van der Waals surface area (Å²) in [5, 5.41) is 9.27. The van der Waals surface area contributed by atoms with E-state index in [9.17, 15) is 4.79 Å². The third kappa shape index (κ3) is 6.52. The highest BCUT2D eigenvalue weighted by Gasteiger charge is 2.17. The normalized spacial score (nSPS) is 16.3. The van der Waals surface area contributed by atoms with Gasteiger partial charge in [0, 0.05) is 44.8 Å². The van der Waals surface area contributed by atoms with Crippen molar-refractivity contribution >= 4 is 11.9 Å². The molecule has 3 rings (SSSR count). The molecule has 8 nitrogen and oxygen atoms in total. The molecule has 0 bridgehead atoms. The molecule has 1 aliphatic heterocycles. The average molecular weight is 415 g/mol. The first kappa shape index (κ1) is 21.7. The Hall–Kier alpha value is -3.00. The summed E-state index contributed by atoms with van der Waals surface area (Å²) in [5.41, 5.74) is 2.22. The minimum Gasteiger partial charge on any atom is -0.493 e. The summed E-state index contributed by atoms with van der Waals surface area (Å²) in [5.74, 6) is 2.05. The summed E-state index contributed by atoms with van der Waals surface area (Å²) in [6, 6.07) is 9.52. The van der Waals surface area contributed by atoms with Crippen molar-refractivity contribution in [1.82, 2.24) is 16.0 Å². The lowest BCUT2D eigenvalue weighted by Gasteiger charge is -2.17. The van der Waals surface area contributed by atoms with Crippen molar-refractivity contribution in [2.75, 3.05) is 40.0 Å². The first-order valence-electron chi connectivity index (χ1n) is 10.2. The molecule has 1 amide bonds. The van der Waals surface area contributed by atoms with Gasteiger partial charge in [0.15, 0.2) is 11.7 Å². The van der Waals surface area contributed by atoms with Crippen molar-refractivity contribution in [2.24, 2.45) is 10.9 Å². The highest BCUT2D eigenvalue weighted by molar-refractivity contribution is 5.91. The third-order valence-corrected chi connectivity index (χ3v) is 4.84. The van der Waals surface area contributed by atoms with Crippen molar-refractivity contribution in [1.29, 1.82) is 0 Å². The number of hydrogen-bond donors (Lipinski definition) is 3. The molecule has 0 radical (unpaired) electrons. The van der Waals surface area contributed by atoms with Gasteiger partial charge in [-0.25, -0.2) is 0 Å². The van der Waals surface area contributed by atoms with Crippen LogP contribution in [0.2, 0.25) is 0 Å². The van der Waals surface area contributed by atoms with E-state index in [0.29, 0.717) is 43.9 Å². The monoisotopic (exact) mass is 414 g/mol. The van der Waals surface area contributed by atoms with E-state index in [0.717, 1.165) is 36.5 Å². The Bertz CT molecular complexity index is 830. The number of nitrogens with one attached hydrogen (secondary N) is 3. The van der Waals surface area contributed by atoms with E-state index in [1.807, 2.05) is 0 Å². The second-order valence-electron chi connectivity index (χ2n) is 7.24. The van der Waals surface area contributed by atoms with E-state index in [1.54, 1.807) is 19.2 Å². The maximum atomic E-state index is 11.9. The maximum Gasteiger partial charge on any atom is 0.287 e. The Balaban J connectivity index is 1.44. The number of amides is 1. The first-order chi connectivity index (χ1) is 14.7. The van der Waals surface area contributed by atoms with Gasteiger partial charge in [-0.3, -0.25) is 9.79 Å². The van der Waals surface area contributed by atoms with E-state index >= 15 is 0 Å². The molecule has 30 heavy (non-hydrogen) atoms. The number of aliphatic imine (C=N–C) groups is 1. The van der Waals surface area contributed by atoms with Crippen LogP contribution in [-0.2, 0) is 11.3 Å². The molecule has 0 spiro atoms. The fourth-order valence-electron chi connectivity index (χ4n) is 3.12. The Morgan fingerprint density at radius 1 is 1.23 bits per heavy atom. The zero-order valence-electron chi connectivity index (χ0n) is 17.6. The number of benzene rings is 1. The summed E-state index contributed by atoms with van der Waals surface area (Å²) < 4.78 is 16.6. The number of guanidine groups is 1. The first-order valence-corrected chi connectivity index (χ1v) is 10.2. The van der Waals surface area contributed by atoms with E-state index in [1.165, 1.54) is 6.26 Å². The molecular formula is C22H30N4O4. The van der Waals surface area contributed by atoms with Crippen LogP contribution in [0.5, 0.6) is 5.75 Å². The quantitative estimate of drug-likeness (QED) is 0.330. The smallest absolute Gasteiger partial charge is 0.287 e. The molecule has 3 N–H and O–H groups in total. The molecule has 162 valence electrons. The predicted octanol–water partition coefficient (Wildman–Crippen LogP) is 2.10. The van der Waals surface area contributed by atoms with E-state index < -0.39 is 0 Å². The molecule has 0 aliphatic carbocycles. The number of carbonyl (C=O) groups is 1. The van der Waals surface area contributed by atoms with E-state index in [2.05, 4.69) is 46.1 Å². The Morgan fingerprint density at radius 3 is 2.83 bits per heavy atom. The Kier molecular flexibility index (Phi) is 8.14. The molecule has 0 saturated carbocycles. The molecule has 1 aromatic carbocycles. The molecule has 1 unspecified atom stereocenters. The SMILES string of the molecule is CN=C(NCCNC(=O)c1ccco1)NCc1ccc(C)cc1OCC1CCOC1. The van der Waals surface area contributed by atoms with Crippen LogP contribution in [0.25, 0.3) is 0 Å². The van der Waals surface area contributed by atoms with Crippen molar-refractivity contribution in [3.63, 3.8) is 0 Å². The van der Waals surface area contributed by atoms with Gasteiger partial charge in [0.05, 0.1) is 19.5 Å². The van der Waals surface area contributed by atoms with Gasteiger partial charge < -0.3 is 29.8 Å². The van der Waals surface area contributed by atoms with Gasteiger partial charge in [-0.2, -0.15) is 0 Å². The second-order valence-corrected chi connectivity index (χ2v) is 7.24. The van der Waals surface area contributed by atoms with E-state index in [-0.39, 0.29) is 5.91 Å². The zero-order chi connectivity index (χ0) is 21.2. The van der Waals surface area contributed by atoms with Gasteiger partial charge in [-0.05, 0) is 37.1 Å². The zero-order valence-corrected chi connectivity index (χ0v) is 17.6. The Morgan fingerprint density at radius 2 is 2.10 bits per heavy atom. The van der Waals surface area contributed by atoms with Crippen molar-refractivity contribution in [2.45, 2.75) is 19.9 Å². The lowest BCUT2D eigenvalue weighted by molar-refractivity contribution is 0.0926. The average Bonchev–Trinajstić information content (AvgIpc) is 3.46. The molecular weight excluding hydrogens is 384 g/mol. The summed E-state index contributed by atoms with van der Waals surface area (Å²) in [7, 11) is 1.71. The van der Waals surface area contributed by atoms with Crippen molar-refractivity contribution in [3.8, 4) is 5.75 Å². The molecule has 1 aliphatic rings. The topological polar surface area (TPSA) is 97.1 Å². The van der Waals surface area contributed by atoms with E-state index in [4.69, 9.17) is 13.9 Å². The van der Waals surface area contributed by atoms with Crippen LogP contribution in [0, 0.1) is 12.8 Å². The van der Waals surface area contributed by atoms with Crippen LogP contribution in [0.3, 0.4) is 0 Å². The molecule has 1 atom stereocenters. The number of nitrogens with zero attached hydrogens (tertiary/aromatic N) is 1. The summed E-state index contributed by atoms with van der Waals surface area (Å²) in [6.07, 6.45) is 2.52. The number of furan rings is 1. The standard InChI is InChI=1S/C22H30N4O4/c1-16-5-6-18(20(12-16)30-15-17-7-11-28-14-17)13-26-22(23-2)25-9-8-24-21(27)19-4-3-10-29-19/h3-6,10,12,17H,7-9,11,13-15H2,1-2H3,(H,24,27)(H2,23,25,26). The van der Waals surface area contributed by atoms with Gasteiger partial charge in [0.1, 0.15) is 5.75 Å². The summed E-state index contributed by atoms with van der Waals surface area (Å²) in [4.78, 5) is 16.1. The van der Waals surface area contributed by atoms with Crippen LogP contribution in [0.4, 0.5) is 0 Å². The van der Waals surface area contributed by atoms with Crippen LogP contribution in [-0.4, -0.2) is 51.8 Å². The molecule has 2 aromatic rings. The lowest BCUT2D eigenvalue weighted by atomic mass is 10.1. The van der Waals surface area contributed by atoms with Crippen LogP contribution in [0.1, 0.15) is 28.1 Å². The highest BCUT2D eigenvalue weighted by Crippen LogP contribution is 2.22. The largest absolute Gasteiger partial charge is 0.493 e. The van der Waals surface area contributed by atoms with Gasteiger partial charge in [0.25, 0.3) is 5.91 Å². The molecule has 2 heterocycles. The second kappa shape index (κ2) is 11.3. The summed E-state index contributed by atoms with van der Waals surface area (Å²) >= 11 is 0. The minimum atomic E-state index is -0.237. The number of rotatable bonds is 9. The number of hydrogen-bond acceptors (Lipinski definition) is 5. The van der Waals surface area contributed by atoms with Crippen LogP contribution in [0.15, 0.2) is 46.0 Å². The fraction of sp³-hybridized carbons (Fsp3) is 0.455. The van der Waals surface area contributed by atoms with Crippen molar-refractivity contribution in [3.05, 3.63) is 53.5 Å². The van der Waals surface area contributed by atoms with Crippen LogP contribution >= 0.6 is 0 Å². The predicted molar refractivity (Wildman–Crippen MR) is 115 cm³/mol. The van der Waals surface area contributed by atoms with Gasteiger partial charge in [-0.15, -0.1) is 0 Å². The minimum absolute atomic E-state index is 0.237. The lowest BCUT2D eigenvalue weighted by Crippen LogP contribution is -2.41. The van der Waals surface area contributed by atoms with Gasteiger partial charge in [-0.1, -0.05) is 12.1 Å². The number of aryl methyl sites for hydroxylation is 1. The molecule has 8 heteroatoms. The van der Waals surface area contributed by atoms with Gasteiger partial charge in [0.2, 0.25) is 0 Å². The number of ether oxygens (including phenoxy) is 2. The van der Waals surface area contributed by atoms with Gasteiger partial charge >= 0.3 is 0 Å². The maximum absolute atomic E-state index is 11.9. The third-order valence-electron chi connectivity index (χ3n) is 4.84. The van der Waals surface area contributed by atoms with Crippen molar-refractivity contribution < 1.29 is 18.7 Å². The molecule has 1 fully saturated rings. The Labute approximate surface area is 177 Å². The molecule has 1 aromatic heterocycles. The van der Waals surface area contributed by atoms with Crippen LogP contribution < -0.4 is 20.7 Å².